The largest absolute Gasteiger partial charge is 0.497 e. The van der Waals surface area contributed by atoms with E-state index in [-0.39, 0.29) is 0 Å². The Morgan fingerprint density at radius 2 is 2.24 bits per heavy atom. The van der Waals surface area contributed by atoms with Crippen molar-refractivity contribution in [1.82, 2.24) is 4.90 Å². The first kappa shape index (κ1) is 13.7. The third-order valence-corrected chi connectivity index (χ3v) is 4.52. The van der Waals surface area contributed by atoms with E-state index in [1.165, 1.54) is 4.90 Å². The number of ether oxygens (including phenoxy) is 2. The van der Waals surface area contributed by atoms with Crippen LogP contribution in [0, 0.1) is 5.92 Å². The number of amides is 1. The van der Waals surface area contributed by atoms with Gasteiger partial charge in [0.15, 0.2) is 5.72 Å². The molecule has 1 saturated heterocycles. The highest BCUT2D eigenvalue weighted by molar-refractivity contribution is 5.99. The Bertz CT molecular complexity index is 628. The molecular weight excluding hydrogens is 274 g/mol. The molecule has 1 amide bonds. The Morgan fingerprint density at radius 3 is 2.86 bits per heavy atom. The molecule has 1 aromatic carbocycles. The SMILES string of the molecule is COc1ccc2c(c1)C1CC(C)(O2)N(C)C(=O)C1C(=O)O. The Kier molecular flexibility index (Phi) is 2.86. The number of carboxylic acids is 1. The van der Waals surface area contributed by atoms with Crippen molar-refractivity contribution in [2.45, 2.75) is 25.0 Å². The molecule has 21 heavy (non-hydrogen) atoms. The molecule has 6 heteroatoms. The molecule has 2 bridgehead atoms. The second-order valence-electron chi connectivity index (χ2n) is 5.70. The molecule has 1 fully saturated rings. The van der Waals surface area contributed by atoms with Crippen LogP contribution >= 0.6 is 0 Å². The molecule has 0 aromatic heterocycles. The average Bonchev–Trinajstić information content (AvgIpc) is 2.44. The predicted octanol–water partition coefficient (Wildman–Crippen LogP) is 1.45. The first-order valence-corrected chi connectivity index (χ1v) is 6.75. The second kappa shape index (κ2) is 4.38. The van der Waals surface area contributed by atoms with Crippen LogP contribution in [0.3, 0.4) is 0 Å². The summed E-state index contributed by atoms with van der Waals surface area (Å²) in [6.45, 7) is 1.81. The number of fused-ring (bicyclic) bond motifs is 4. The number of likely N-dealkylation sites (tertiary alicyclic amines) is 1. The van der Waals surface area contributed by atoms with Crippen molar-refractivity contribution in [2.75, 3.05) is 14.2 Å². The zero-order valence-electron chi connectivity index (χ0n) is 12.1. The molecule has 0 radical (unpaired) electrons. The van der Waals surface area contributed by atoms with Gasteiger partial charge in [-0.05, 0) is 25.1 Å². The van der Waals surface area contributed by atoms with Crippen molar-refractivity contribution >= 4 is 11.9 Å². The first-order valence-electron chi connectivity index (χ1n) is 6.75. The third-order valence-electron chi connectivity index (χ3n) is 4.52. The van der Waals surface area contributed by atoms with Crippen LogP contribution in [0.2, 0.25) is 0 Å². The van der Waals surface area contributed by atoms with Gasteiger partial charge in [0.25, 0.3) is 0 Å². The van der Waals surface area contributed by atoms with E-state index in [4.69, 9.17) is 9.47 Å². The average molecular weight is 291 g/mol. The summed E-state index contributed by atoms with van der Waals surface area (Å²) in [7, 11) is 3.13. The number of carboxylic acid groups (broad SMARTS) is 1. The quantitative estimate of drug-likeness (QED) is 0.835. The number of rotatable bonds is 2. The Morgan fingerprint density at radius 1 is 1.52 bits per heavy atom. The fraction of sp³-hybridized carbons (Fsp3) is 0.467. The lowest BCUT2D eigenvalue weighted by Crippen LogP contribution is -2.62. The van der Waals surface area contributed by atoms with E-state index in [0.717, 1.165) is 5.56 Å². The van der Waals surface area contributed by atoms with E-state index >= 15 is 0 Å². The minimum Gasteiger partial charge on any atom is -0.497 e. The summed E-state index contributed by atoms with van der Waals surface area (Å²) in [5.41, 5.74) is -0.0874. The van der Waals surface area contributed by atoms with Crippen LogP contribution in [0.4, 0.5) is 0 Å². The Balaban J connectivity index is 2.16. The third kappa shape index (κ3) is 1.86. The number of methoxy groups -OCH3 is 1. The monoisotopic (exact) mass is 291 g/mol. The van der Waals surface area contributed by atoms with Gasteiger partial charge in [0.1, 0.15) is 17.4 Å². The van der Waals surface area contributed by atoms with Gasteiger partial charge in [0, 0.05) is 24.9 Å². The second-order valence-corrected chi connectivity index (χ2v) is 5.70. The maximum atomic E-state index is 12.4. The van der Waals surface area contributed by atoms with Crippen molar-refractivity contribution in [2.24, 2.45) is 5.92 Å². The molecule has 3 rings (SSSR count). The number of carbonyl (C=O) groups excluding carboxylic acids is 1. The van der Waals surface area contributed by atoms with E-state index in [0.29, 0.717) is 17.9 Å². The van der Waals surface area contributed by atoms with E-state index in [2.05, 4.69) is 0 Å². The minimum atomic E-state index is -1.10. The number of aliphatic carboxylic acids is 1. The summed E-state index contributed by atoms with van der Waals surface area (Å²) < 4.78 is 11.1. The molecule has 0 aliphatic carbocycles. The Labute approximate surface area is 122 Å². The van der Waals surface area contributed by atoms with Crippen LogP contribution in [-0.4, -0.2) is 41.8 Å². The van der Waals surface area contributed by atoms with Gasteiger partial charge in [-0.15, -0.1) is 0 Å². The van der Waals surface area contributed by atoms with Crippen molar-refractivity contribution < 1.29 is 24.2 Å². The van der Waals surface area contributed by atoms with Crippen molar-refractivity contribution in [3.8, 4) is 11.5 Å². The van der Waals surface area contributed by atoms with E-state index < -0.39 is 29.4 Å². The molecule has 1 N–H and O–H groups in total. The molecule has 3 atom stereocenters. The lowest BCUT2D eigenvalue weighted by Gasteiger charge is -2.51. The van der Waals surface area contributed by atoms with Crippen LogP contribution in [-0.2, 0) is 9.59 Å². The molecule has 6 nitrogen and oxygen atoms in total. The number of nitrogens with zero attached hydrogens (tertiary/aromatic N) is 1. The van der Waals surface area contributed by atoms with Gasteiger partial charge in [0.2, 0.25) is 5.91 Å². The standard InChI is InChI=1S/C15H17NO5/c1-15-7-10(12(14(18)19)13(17)16(15)2)9-6-8(20-3)4-5-11(9)21-15/h4-6,10,12H,7H2,1-3H3,(H,18,19). The highest BCUT2D eigenvalue weighted by atomic mass is 16.5. The smallest absolute Gasteiger partial charge is 0.316 e. The zero-order valence-corrected chi connectivity index (χ0v) is 12.1. The van der Waals surface area contributed by atoms with Crippen molar-refractivity contribution in [1.29, 1.82) is 0 Å². The highest BCUT2D eigenvalue weighted by Crippen LogP contribution is 2.50. The van der Waals surface area contributed by atoms with E-state index in [1.807, 2.05) is 6.92 Å². The molecule has 2 heterocycles. The summed E-state index contributed by atoms with van der Waals surface area (Å²) in [6, 6.07) is 5.29. The molecule has 112 valence electrons. The summed E-state index contributed by atoms with van der Waals surface area (Å²) >= 11 is 0. The van der Waals surface area contributed by atoms with Crippen LogP contribution in [0.25, 0.3) is 0 Å². The molecule has 0 spiro atoms. The fourth-order valence-corrected chi connectivity index (χ4v) is 3.23. The number of benzene rings is 1. The molecule has 1 aromatic rings. The van der Waals surface area contributed by atoms with Crippen LogP contribution in [0.15, 0.2) is 18.2 Å². The number of hydrogen-bond acceptors (Lipinski definition) is 4. The summed E-state index contributed by atoms with van der Waals surface area (Å²) in [5, 5.41) is 9.45. The predicted molar refractivity (Wildman–Crippen MR) is 73.3 cm³/mol. The van der Waals surface area contributed by atoms with Gasteiger partial charge in [-0.25, -0.2) is 0 Å². The van der Waals surface area contributed by atoms with Gasteiger partial charge in [-0.3, -0.25) is 9.59 Å². The van der Waals surface area contributed by atoms with Crippen LogP contribution in [0.1, 0.15) is 24.8 Å². The summed E-state index contributed by atoms with van der Waals surface area (Å²) in [4.78, 5) is 25.3. The lowest BCUT2D eigenvalue weighted by molar-refractivity contribution is -0.176. The topological polar surface area (TPSA) is 76.1 Å². The molecule has 2 aliphatic heterocycles. The Hall–Kier alpha value is -2.24. The summed E-state index contributed by atoms with van der Waals surface area (Å²) in [6.07, 6.45) is 0.451. The number of piperidine rings is 1. The maximum absolute atomic E-state index is 12.4. The van der Waals surface area contributed by atoms with Crippen molar-refractivity contribution in [3.63, 3.8) is 0 Å². The van der Waals surface area contributed by atoms with Crippen molar-refractivity contribution in [3.05, 3.63) is 23.8 Å². The lowest BCUT2D eigenvalue weighted by atomic mass is 9.74. The number of hydrogen-bond donors (Lipinski definition) is 1. The summed E-state index contributed by atoms with van der Waals surface area (Å²) in [5.74, 6) is -1.78. The molecule has 3 unspecified atom stereocenters. The maximum Gasteiger partial charge on any atom is 0.316 e. The fourth-order valence-electron chi connectivity index (χ4n) is 3.23. The van der Waals surface area contributed by atoms with E-state index in [1.54, 1.807) is 32.4 Å². The van der Waals surface area contributed by atoms with Gasteiger partial charge in [-0.1, -0.05) is 0 Å². The molecule has 0 saturated carbocycles. The first-order chi connectivity index (χ1) is 9.87. The highest BCUT2D eigenvalue weighted by Gasteiger charge is 2.55. The minimum absolute atomic E-state index is 0.407. The van der Waals surface area contributed by atoms with E-state index in [9.17, 15) is 14.7 Å². The normalized spacial score (nSPS) is 30.4. The van der Waals surface area contributed by atoms with Gasteiger partial charge < -0.3 is 19.5 Å². The zero-order chi connectivity index (χ0) is 15.4. The van der Waals surface area contributed by atoms with Gasteiger partial charge in [-0.2, -0.15) is 0 Å². The van der Waals surface area contributed by atoms with Gasteiger partial charge >= 0.3 is 5.97 Å². The number of carbonyl (C=O) groups is 2. The van der Waals surface area contributed by atoms with Crippen LogP contribution in [0.5, 0.6) is 11.5 Å². The van der Waals surface area contributed by atoms with Gasteiger partial charge in [0.05, 0.1) is 7.11 Å². The molecular formula is C15H17NO5. The molecule has 2 aliphatic rings. The van der Waals surface area contributed by atoms with Crippen LogP contribution < -0.4 is 9.47 Å².